The quantitative estimate of drug-likeness (QED) is 0.111. The van der Waals surface area contributed by atoms with Crippen LogP contribution >= 0.6 is 15.8 Å². The first-order chi connectivity index (χ1) is 18.5. The Labute approximate surface area is 267 Å². The molecule has 1 aromatic carbocycles. The van der Waals surface area contributed by atoms with Gasteiger partial charge in [-0.1, -0.05) is 40.1 Å². The van der Waals surface area contributed by atoms with Crippen LogP contribution in [0.5, 0.6) is 0 Å². The second-order valence-electron chi connectivity index (χ2n) is 10.5. The van der Waals surface area contributed by atoms with Crippen molar-refractivity contribution >= 4 is 37.6 Å². The molecule has 10 heterocycles. The van der Waals surface area contributed by atoms with Gasteiger partial charge in [0, 0.05) is 60.9 Å². The van der Waals surface area contributed by atoms with Crippen molar-refractivity contribution in [2.45, 2.75) is 0 Å². The van der Waals surface area contributed by atoms with Gasteiger partial charge in [-0.15, -0.1) is 0 Å². The molecule has 8 aliphatic heterocycles. The van der Waals surface area contributed by atoms with Gasteiger partial charge in [-0.05, 0) is 12.1 Å². The average Bonchev–Trinajstić information content (AvgIpc) is 2.88. The van der Waals surface area contributed by atoms with Crippen LogP contribution in [0.2, 0.25) is 0 Å². The first-order valence-corrected chi connectivity index (χ1v) is 16.5. The number of pyridine rings is 2. The van der Waals surface area contributed by atoms with Crippen LogP contribution in [0.15, 0.2) is 48.8 Å². The Balaban J connectivity index is 0.000000129. The van der Waals surface area contributed by atoms with E-state index < -0.39 is 5.09 Å². The zero-order chi connectivity index (χ0) is 26.1. The number of rotatable bonds is 0. The predicted octanol–water partition coefficient (Wildman–Crippen LogP) is 2.86. The monoisotopic (exact) mass is 770 g/mol. The summed E-state index contributed by atoms with van der Waals surface area (Å²) >= 11 is 0. The van der Waals surface area contributed by atoms with Crippen molar-refractivity contribution in [2.75, 3.05) is 77.7 Å². The Morgan fingerprint density at radius 2 is 0.850 bits per heavy atom. The molecule has 0 atom stereocenters. The van der Waals surface area contributed by atoms with E-state index in [4.69, 9.17) is 15.3 Å². The fourth-order valence-corrected chi connectivity index (χ4v) is 11.2. The van der Waals surface area contributed by atoms with E-state index in [1.807, 2.05) is 12.1 Å². The number of benzene rings is 1. The largest absolute Gasteiger partial charge is 1.00 e. The molecule has 0 unspecified atom stereocenters. The summed E-state index contributed by atoms with van der Waals surface area (Å²) in [5.41, 5.74) is 1.95. The van der Waals surface area contributed by atoms with E-state index >= 15 is 0 Å². The summed E-state index contributed by atoms with van der Waals surface area (Å²) in [5, 5.41) is 17.0. The van der Waals surface area contributed by atoms with Gasteiger partial charge >= 0.3 is 44.8 Å². The standard InChI is InChI=1S/C12H8N2.2C6H12N3P.2Ag.NO3/c1-3-9-5-6-10-4-2-8-14-12(10)11(9)13-7-1;2*1-7-2-9-3-8(1)5-10(4-7)6-9;;;2-1(3)4/h1-8H;2*1-6H2;;;/q;;;2*+1;-1. The second-order valence-corrected chi connectivity index (χ2v) is 14.9. The maximum Gasteiger partial charge on any atom is 1.00 e. The van der Waals surface area contributed by atoms with Gasteiger partial charge in [0.1, 0.15) is 0 Å². The third-order valence-corrected chi connectivity index (χ3v) is 11.9. The minimum absolute atomic E-state index is 0. The smallest absolute Gasteiger partial charge is 0.356 e. The summed E-state index contributed by atoms with van der Waals surface area (Å²) in [6.07, 6.45) is 12.1. The van der Waals surface area contributed by atoms with Crippen LogP contribution in [0.25, 0.3) is 21.8 Å². The zero-order valence-electron chi connectivity index (χ0n) is 21.9. The first-order valence-electron chi connectivity index (χ1n) is 12.7. The van der Waals surface area contributed by atoms with Crippen molar-refractivity contribution in [3.8, 4) is 0 Å². The normalized spacial score (nSPS) is 33.2. The van der Waals surface area contributed by atoms with Crippen molar-refractivity contribution in [1.82, 2.24) is 39.4 Å². The maximum absolute atomic E-state index is 8.25. The molecule has 2 aromatic heterocycles. The fraction of sp³-hybridized carbons (Fsp3) is 0.500. The Hall–Kier alpha value is -0.659. The van der Waals surface area contributed by atoms with Gasteiger partial charge in [0.25, 0.3) is 0 Å². The molecule has 0 aliphatic carbocycles. The molecule has 0 N–H and O–H groups in total. The third-order valence-electron chi connectivity index (χ3n) is 7.14. The Morgan fingerprint density at radius 3 is 1.10 bits per heavy atom. The predicted molar refractivity (Wildman–Crippen MR) is 151 cm³/mol. The molecule has 0 saturated carbocycles. The minimum Gasteiger partial charge on any atom is -0.356 e. The van der Waals surface area contributed by atoms with Crippen molar-refractivity contribution in [1.29, 1.82) is 0 Å². The van der Waals surface area contributed by atoms with Crippen molar-refractivity contribution in [3.63, 3.8) is 0 Å². The van der Waals surface area contributed by atoms with Gasteiger partial charge in [-0.25, -0.2) is 0 Å². The van der Waals surface area contributed by atoms with Crippen LogP contribution in [0.1, 0.15) is 0 Å². The molecule has 8 saturated heterocycles. The Kier molecular flexibility index (Phi) is 11.8. The van der Waals surface area contributed by atoms with E-state index in [0.29, 0.717) is 15.8 Å². The van der Waals surface area contributed by atoms with Gasteiger partial charge in [-0.3, -0.25) is 39.4 Å². The summed E-state index contributed by atoms with van der Waals surface area (Å²) in [6.45, 7) is 7.47. The zero-order valence-corrected chi connectivity index (χ0v) is 26.6. The van der Waals surface area contributed by atoms with E-state index in [0.717, 1.165) is 21.8 Å². The van der Waals surface area contributed by atoms with Gasteiger partial charge in [0.15, 0.2) is 0 Å². The molecule has 8 fully saturated rings. The van der Waals surface area contributed by atoms with Crippen molar-refractivity contribution in [3.05, 3.63) is 64.1 Å². The van der Waals surface area contributed by atoms with Crippen molar-refractivity contribution in [2.24, 2.45) is 0 Å². The SMILES string of the molecule is C1N2CN3CN1CP(C2)C3.C1N2CN3CN1CP(C2)C3.O=[N+]([O-])[O-].[Ag+].[Ag+].c1cnc2c(c1)ccc1cccnc12. The summed E-state index contributed by atoms with van der Waals surface area (Å²) in [5.74, 6) is 0. The second kappa shape index (κ2) is 14.7. The van der Waals surface area contributed by atoms with Gasteiger partial charge in [-0.2, -0.15) is 0 Å². The van der Waals surface area contributed by atoms with E-state index in [2.05, 4.69) is 63.6 Å². The summed E-state index contributed by atoms with van der Waals surface area (Å²) in [7, 11) is 0.732. The van der Waals surface area contributed by atoms with Gasteiger partial charge < -0.3 is 15.3 Å². The Morgan fingerprint density at radius 1 is 0.575 bits per heavy atom. The molecule has 12 nitrogen and oxygen atoms in total. The fourth-order valence-electron chi connectivity index (χ4n) is 6.15. The van der Waals surface area contributed by atoms with E-state index in [9.17, 15) is 0 Å². The molecule has 40 heavy (non-hydrogen) atoms. The number of nitrogens with zero attached hydrogens (tertiary/aromatic N) is 9. The molecule has 8 aliphatic rings. The number of fused-ring (bicyclic) bond motifs is 3. The van der Waals surface area contributed by atoms with Crippen LogP contribution < -0.4 is 0 Å². The van der Waals surface area contributed by atoms with Gasteiger partial charge in [0.05, 0.1) is 56.1 Å². The molecular weight excluding hydrogens is 740 g/mol. The molecule has 0 amide bonds. The van der Waals surface area contributed by atoms with Gasteiger partial charge in [0.2, 0.25) is 0 Å². The molecule has 0 radical (unpaired) electrons. The molecule has 8 bridgehead atoms. The van der Waals surface area contributed by atoms with Crippen LogP contribution in [0, 0.1) is 15.3 Å². The molecule has 0 spiro atoms. The summed E-state index contributed by atoms with van der Waals surface area (Å²) < 4.78 is 0. The Bertz CT molecular complexity index is 1090. The van der Waals surface area contributed by atoms with Crippen LogP contribution in [0.4, 0.5) is 0 Å². The number of aromatic nitrogens is 2. The summed E-state index contributed by atoms with van der Waals surface area (Å²) in [4.78, 5) is 32.4. The summed E-state index contributed by atoms with van der Waals surface area (Å²) in [6, 6.07) is 12.1. The topological polar surface area (TPSA) is 111 Å². The van der Waals surface area contributed by atoms with Crippen LogP contribution in [0.3, 0.4) is 0 Å². The molecule has 16 heteroatoms. The van der Waals surface area contributed by atoms with Crippen molar-refractivity contribution < 1.29 is 49.8 Å². The average molecular weight is 772 g/mol. The molecule has 3 aromatic rings. The van der Waals surface area contributed by atoms with Crippen LogP contribution in [-0.2, 0) is 44.8 Å². The first kappa shape index (κ1) is 32.3. The van der Waals surface area contributed by atoms with Crippen LogP contribution in [-0.4, -0.2) is 122 Å². The molecule has 11 rings (SSSR count). The number of hydrogen-bond acceptors (Lipinski definition) is 11. The third kappa shape index (κ3) is 8.04. The van der Waals surface area contributed by atoms with E-state index in [1.54, 1.807) is 12.4 Å². The van der Waals surface area contributed by atoms with E-state index in [-0.39, 0.29) is 44.8 Å². The maximum atomic E-state index is 8.25. The minimum atomic E-state index is -1.75. The molecule has 222 valence electrons. The van der Waals surface area contributed by atoms with E-state index in [1.165, 1.54) is 77.7 Å². The molecular formula is C24H32Ag2N9O3P2+. The number of hydrogen-bond donors (Lipinski definition) is 0.